The Bertz CT molecular complexity index is 664. The molecule has 0 saturated carbocycles. The lowest BCUT2D eigenvalue weighted by Gasteiger charge is -2.30. The molecule has 0 atom stereocenters. The molecule has 1 aromatic rings. The van der Waals surface area contributed by atoms with Gasteiger partial charge in [0.05, 0.1) is 0 Å². The first-order chi connectivity index (χ1) is 11.5. The Hall–Kier alpha value is -1.07. The summed E-state index contributed by atoms with van der Waals surface area (Å²) in [6.45, 7) is 15.1. The summed E-state index contributed by atoms with van der Waals surface area (Å²) >= 11 is 0. The van der Waals surface area contributed by atoms with Crippen molar-refractivity contribution >= 4 is 10.3 Å². The molecule has 0 heterocycles. The van der Waals surface area contributed by atoms with E-state index < -0.39 is 10.3 Å². The Morgan fingerprint density at radius 2 is 1.60 bits per heavy atom. The van der Waals surface area contributed by atoms with E-state index in [4.69, 9.17) is 4.18 Å². The molecule has 0 amide bonds. The topological polar surface area (TPSA) is 57.5 Å². The molecule has 5 heteroatoms. The van der Waals surface area contributed by atoms with Crippen LogP contribution in [0.25, 0.3) is 0 Å². The van der Waals surface area contributed by atoms with E-state index in [-0.39, 0.29) is 17.4 Å². The normalized spacial score (nSPS) is 13.1. The third kappa shape index (κ3) is 6.00. The van der Waals surface area contributed by atoms with Gasteiger partial charge in [0.25, 0.3) is 0 Å². The lowest BCUT2D eigenvalue weighted by molar-refractivity contribution is 0.440. The second-order valence-electron chi connectivity index (χ2n) is 7.90. The first kappa shape index (κ1) is 22.0. The van der Waals surface area contributed by atoms with Gasteiger partial charge in [-0.15, -0.1) is 0 Å². The molecule has 1 rings (SSSR count). The fourth-order valence-electron chi connectivity index (χ4n) is 2.42. The molecule has 1 aromatic carbocycles. The summed E-state index contributed by atoms with van der Waals surface area (Å²) in [6, 6.07) is 5.85. The van der Waals surface area contributed by atoms with Crippen molar-refractivity contribution in [1.82, 2.24) is 4.72 Å². The Morgan fingerprint density at radius 1 is 1.00 bits per heavy atom. The van der Waals surface area contributed by atoms with Crippen molar-refractivity contribution in [3.8, 4) is 5.75 Å². The standard InChI is InChI=1S/C20H34NO3S/c1-8-11-14-21-25(22,23)24-18-13-12-16(19(4,5)9-2)15-17(18)20(6,7)10-3/h12-13,15H,8-11,14H2,1-7H3. The molecule has 0 aromatic heterocycles. The van der Waals surface area contributed by atoms with Gasteiger partial charge in [-0.1, -0.05) is 71.7 Å². The van der Waals surface area contributed by atoms with Crippen LogP contribution in [-0.2, 0) is 21.1 Å². The van der Waals surface area contributed by atoms with Gasteiger partial charge in [-0.2, -0.15) is 8.42 Å². The number of hydrogen-bond donors (Lipinski definition) is 0. The van der Waals surface area contributed by atoms with Gasteiger partial charge in [-0.05, 0) is 41.7 Å². The Morgan fingerprint density at radius 3 is 2.12 bits per heavy atom. The van der Waals surface area contributed by atoms with Crippen molar-refractivity contribution in [2.24, 2.45) is 0 Å². The average Bonchev–Trinajstić information content (AvgIpc) is 2.54. The van der Waals surface area contributed by atoms with E-state index in [1.54, 1.807) is 6.07 Å². The van der Waals surface area contributed by atoms with Gasteiger partial charge >= 0.3 is 10.3 Å². The van der Waals surface area contributed by atoms with E-state index in [1.807, 2.05) is 13.0 Å². The highest BCUT2D eigenvalue weighted by molar-refractivity contribution is 7.85. The summed E-state index contributed by atoms with van der Waals surface area (Å²) < 4.78 is 33.5. The highest BCUT2D eigenvalue weighted by Gasteiger charge is 2.28. The SMILES string of the molecule is CCCC[N]S(=O)(=O)Oc1ccc(C(C)(C)CC)cc1C(C)(C)CC. The molecule has 0 bridgehead atoms. The molecule has 1 radical (unpaired) electrons. The summed E-state index contributed by atoms with van der Waals surface area (Å²) in [5, 5.41) is 0. The Balaban J connectivity index is 3.27. The minimum absolute atomic E-state index is 0.0292. The summed E-state index contributed by atoms with van der Waals surface area (Å²) in [5.41, 5.74) is 1.96. The molecule has 0 fully saturated rings. The van der Waals surface area contributed by atoms with Gasteiger partial charge in [0.2, 0.25) is 0 Å². The molecular formula is C20H34NO3S. The van der Waals surface area contributed by atoms with Crippen molar-refractivity contribution in [1.29, 1.82) is 0 Å². The van der Waals surface area contributed by atoms with Crippen LogP contribution in [0.2, 0.25) is 0 Å². The number of nitrogens with zero attached hydrogens (tertiary/aromatic N) is 1. The van der Waals surface area contributed by atoms with Crippen LogP contribution >= 0.6 is 0 Å². The highest BCUT2D eigenvalue weighted by Crippen LogP contribution is 2.38. The maximum Gasteiger partial charge on any atom is 0.399 e. The summed E-state index contributed by atoms with van der Waals surface area (Å²) in [7, 11) is -3.93. The summed E-state index contributed by atoms with van der Waals surface area (Å²) in [4.78, 5) is 0. The molecule has 0 N–H and O–H groups in total. The van der Waals surface area contributed by atoms with Gasteiger partial charge in [-0.3, -0.25) is 0 Å². The predicted molar refractivity (Wildman–Crippen MR) is 105 cm³/mol. The van der Waals surface area contributed by atoms with Crippen molar-refractivity contribution in [3.05, 3.63) is 29.3 Å². The number of unbranched alkanes of at least 4 members (excludes halogenated alkanes) is 1. The van der Waals surface area contributed by atoms with E-state index >= 15 is 0 Å². The first-order valence-electron chi connectivity index (χ1n) is 9.27. The Labute approximate surface area is 154 Å². The van der Waals surface area contributed by atoms with Crippen LogP contribution in [0.1, 0.15) is 85.3 Å². The van der Waals surface area contributed by atoms with E-state index in [1.165, 1.54) is 5.56 Å². The second-order valence-corrected chi connectivity index (χ2v) is 9.18. The number of benzene rings is 1. The molecule has 0 aliphatic rings. The first-order valence-corrected chi connectivity index (χ1v) is 10.6. The molecule has 0 unspecified atom stereocenters. The van der Waals surface area contributed by atoms with E-state index in [2.05, 4.69) is 52.3 Å². The zero-order valence-corrected chi connectivity index (χ0v) is 17.7. The number of rotatable bonds is 10. The quantitative estimate of drug-likeness (QED) is 0.540. The smallest absolute Gasteiger partial charge is 0.370 e. The van der Waals surface area contributed by atoms with Crippen molar-refractivity contribution in [2.45, 2.75) is 85.0 Å². The third-order valence-corrected chi connectivity index (χ3v) is 6.10. The van der Waals surface area contributed by atoms with Gasteiger partial charge in [-0.25, -0.2) is 0 Å². The van der Waals surface area contributed by atoms with E-state index in [0.29, 0.717) is 5.75 Å². The van der Waals surface area contributed by atoms with Crippen LogP contribution in [-0.4, -0.2) is 15.0 Å². The highest BCUT2D eigenvalue weighted by atomic mass is 32.2. The molecule has 0 saturated heterocycles. The minimum Gasteiger partial charge on any atom is -0.370 e. The summed E-state index contributed by atoms with van der Waals surface area (Å²) in [5.74, 6) is 0.391. The van der Waals surface area contributed by atoms with Crippen LogP contribution in [0, 0.1) is 0 Å². The van der Waals surface area contributed by atoms with Crippen molar-refractivity contribution in [3.63, 3.8) is 0 Å². The fraction of sp³-hybridized carbons (Fsp3) is 0.700. The molecule has 4 nitrogen and oxygen atoms in total. The molecule has 25 heavy (non-hydrogen) atoms. The number of hydrogen-bond acceptors (Lipinski definition) is 3. The lowest BCUT2D eigenvalue weighted by Crippen LogP contribution is -2.26. The van der Waals surface area contributed by atoms with E-state index in [9.17, 15) is 8.42 Å². The van der Waals surface area contributed by atoms with Gasteiger partial charge < -0.3 is 4.18 Å². The minimum atomic E-state index is -3.93. The van der Waals surface area contributed by atoms with Gasteiger partial charge in [0.1, 0.15) is 5.75 Å². The monoisotopic (exact) mass is 368 g/mol. The largest absolute Gasteiger partial charge is 0.399 e. The van der Waals surface area contributed by atoms with Gasteiger partial charge in [0.15, 0.2) is 0 Å². The van der Waals surface area contributed by atoms with Crippen LogP contribution in [0.15, 0.2) is 18.2 Å². The molecular weight excluding hydrogens is 334 g/mol. The second kappa shape index (κ2) is 8.54. The Kier molecular flexibility index (Phi) is 7.51. The fourth-order valence-corrected chi connectivity index (χ4v) is 3.20. The third-order valence-electron chi connectivity index (χ3n) is 5.21. The predicted octanol–water partition coefficient (Wildman–Crippen LogP) is 5.09. The van der Waals surface area contributed by atoms with Crippen molar-refractivity contribution in [2.75, 3.05) is 6.54 Å². The molecule has 0 aliphatic carbocycles. The average molecular weight is 369 g/mol. The molecule has 143 valence electrons. The van der Waals surface area contributed by atoms with Gasteiger partial charge in [0, 0.05) is 12.1 Å². The summed E-state index contributed by atoms with van der Waals surface area (Å²) in [6.07, 6.45) is 3.52. The molecule has 0 spiro atoms. The van der Waals surface area contributed by atoms with Crippen molar-refractivity contribution < 1.29 is 12.6 Å². The maximum absolute atomic E-state index is 12.2. The van der Waals surface area contributed by atoms with Crippen LogP contribution < -0.4 is 8.91 Å². The zero-order chi connectivity index (χ0) is 19.3. The van der Waals surface area contributed by atoms with E-state index in [0.717, 1.165) is 31.2 Å². The van der Waals surface area contributed by atoms with Crippen LogP contribution in [0.5, 0.6) is 5.75 Å². The van der Waals surface area contributed by atoms with Crippen LogP contribution in [0.3, 0.4) is 0 Å². The lowest BCUT2D eigenvalue weighted by atomic mass is 9.76. The zero-order valence-electron chi connectivity index (χ0n) is 16.8. The maximum atomic E-state index is 12.2. The van der Waals surface area contributed by atoms with Crippen LogP contribution in [0.4, 0.5) is 0 Å². The molecule has 0 aliphatic heterocycles.